The lowest BCUT2D eigenvalue weighted by Gasteiger charge is -2.22. The molecule has 25 heavy (non-hydrogen) atoms. The molecular weight excluding hydrogens is 359 g/mol. The fourth-order valence-electron chi connectivity index (χ4n) is 2.86. The smallest absolute Gasteiger partial charge is 0.265 e. The first-order valence-electron chi connectivity index (χ1n) is 8.31. The van der Waals surface area contributed by atoms with Gasteiger partial charge >= 0.3 is 0 Å². The molecule has 2 aromatic carbocycles. The zero-order valence-electron chi connectivity index (χ0n) is 14.0. The second-order valence-corrected chi connectivity index (χ2v) is 6.88. The van der Waals surface area contributed by atoms with E-state index in [1.54, 1.807) is 25.1 Å². The first kappa shape index (κ1) is 17.9. The highest BCUT2D eigenvalue weighted by Crippen LogP contribution is 2.30. The normalized spacial score (nSPS) is 15.1. The van der Waals surface area contributed by atoms with Gasteiger partial charge in [0.1, 0.15) is 5.75 Å². The average molecular weight is 379 g/mol. The fraction of sp³-hybridized carbons (Fsp3) is 0.316. The number of halogens is 2. The van der Waals surface area contributed by atoms with Crippen LogP contribution < -0.4 is 15.0 Å². The van der Waals surface area contributed by atoms with Crippen LogP contribution in [-0.4, -0.2) is 25.1 Å². The molecule has 1 aliphatic rings. The van der Waals surface area contributed by atoms with Gasteiger partial charge in [0.25, 0.3) is 5.91 Å². The molecule has 1 aliphatic heterocycles. The second kappa shape index (κ2) is 7.98. The minimum absolute atomic E-state index is 0.224. The van der Waals surface area contributed by atoms with Crippen LogP contribution in [0.1, 0.15) is 19.8 Å². The predicted molar refractivity (Wildman–Crippen MR) is 103 cm³/mol. The Hall–Kier alpha value is -1.91. The molecule has 3 rings (SSSR count). The van der Waals surface area contributed by atoms with Gasteiger partial charge in [0, 0.05) is 18.1 Å². The van der Waals surface area contributed by atoms with E-state index in [0.717, 1.165) is 24.5 Å². The number of anilines is 2. The van der Waals surface area contributed by atoms with Crippen LogP contribution in [0.4, 0.5) is 11.4 Å². The Morgan fingerprint density at radius 2 is 1.88 bits per heavy atom. The molecule has 0 aromatic heterocycles. The minimum atomic E-state index is -0.690. The van der Waals surface area contributed by atoms with Gasteiger partial charge in [0.15, 0.2) is 6.10 Å². The quantitative estimate of drug-likeness (QED) is 0.795. The highest BCUT2D eigenvalue weighted by atomic mass is 35.5. The van der Waals surface area contributed by atoms with Crippen molar-refractivity contribution in [3.05, 3.63) is 52.5 Å². The monoisotopic (exact) mass is 378 g/mol. The SMILES string of the molecule is C[C@@H](Oc1ccc(Cl)cc1Cl)C(=O)Nc1ccccc1N1CCCC1. The first-order valence-corrected chi connectivity index (χ1v) is 9.07. The van der Waals surface area contributed by atoms with E-state index >= 15 is 0 Å². The molecule has 0 spiro atoms. The van der Waals surface area contributed by atoms with Crippen molar-refractivity contribution >= 4 is 40.5 Å². The topological polar surface area (TPSA) is 41.6 Å². The second-order valence-electron chi connectivity index (χ2n) is 6.04. The summed E-state index contributed by atoms with van der Waals surface area (Å²) in [5, 5.41) is 3.87. The number of amides is 1. The number of rotatable bonds is 5. The molecule has 2 aromatic rings. The van der Waals surface area contributed by atoms with Gasteiger partial charge < -0.3 is 15.0 Å². The van der Waals surface area contributed by atoms with Crippen molar-refractivity contribution in [2.45, 2.75) is 25.9 Å². The predicted octanol–water partition coefficient (Wildman–Crippen LogP) is 5.00. The summed E-state index contributed by atoms with van der Waals surface area (Å²) in [6.45, 7) is 3.72. The van der Waals surface area contributed by atoms with Gasteiger partial charge in [-0.1, -0.05) is 35.3 Å². The standard InChI is InChI=1S/C19H20Cl2N2O2/c1-13(25-18-9-8-14(20)12-15(18)21)19(24)22-16-6-2-3-7-17(16)23-10-4-5-11-23/h2-3,6-9,12-13H,4-5,10-11H2,1H3,(H,22,24)/t13-/m1/s1. The van der Waals surface area contributed by atoms with Crippen molar-refractivity contribution in [3.63, 3.8) is 0 Å². The van der Waals surface area contributed by atoms with Crippen molar-refractivity contribution in [2.75, 3.05) is 23.3 Å². The zero-order chi connectivity index (χ0) is 17.8. The fourth-order valence-corrected chi connectivity index (χ4v) is 3.32. The third kappa shape index (κ3) is 4.39. The maximum absolute atomic E-state index is 12.5. The lowest BCUT2D eigenvalue weighted by molar-refractivity contribution is -0.122. The summed E-state index contributed by atoms with van der Waals surface area (Å²) >= 11 is 12.0. The Morgan fingerprint density at radius 1 is 1.16 bits per heavy atom. The Bertz CT molecular complexity index is 761. The number of ether oxygens (including phenoxy) is 1. The maximum Gasteiger partial charge on any atom is 0.265 e. The molecule has 1 N–H and O–H groups in total. The third-order valence-corrected chi connectivity index (χ3v) is 4.71. The molecule has 0 radical (unpaired) electrons. The van der Waals surface area contributed by atoms with Gasteiger partial charge in [0.05, 0.1) is 16.4 Å². The van der Waals surface area contributed by atoms with Gasteiger partial charge in [-0.3, -0.25) is 4.79 Å². The Balaban J connectivity index is 1.69. The largest absolute Gasteiger partial charge is 0.479 e. The van der Waals surface area contributed by atoms with E-state index in [-0.39, 0.29) is 5.91 Å². The van der Waals surface area contributed by atoms with E-state index in [0.29, 0.717) is 15.8 Å². The van der Waals surface area contributed by atoms with E-state index in [9.17, 15) is 4.79 Å². The number of hydrogen-bond acceptors (Lipinski definition) is 3. The highest BCUT2D eigenvalue weighted by molar-refractivity contribution is 6.35. The third-order valence-electron chi connectivity index (χ3n) is 4.18. The van der Waals surface area contributed by atoms with Crippen LogP contribution in [0.5, 0.6) is 5.75 Å². The van der Waals surface area contributed by atoms with E-state index < -0.39 is 6.10 Å². The van der Waals surface area contributed by atoms with E-state index in [1.165, 1.54) is 12.8 Å². The molecule has 1 fully saturated rings. The molecule has 132 valence electrons. The van der Waals surface area contributed by atoms with E-state index in [1.807, 2.05) is 24.3 Å². The molecule has 0 bridgehead atoms. The van der Waals surface area contributed by atoms with Gasteiger partial charge in [-0.05, 0) is 50.1 Å². The lowest BCUT2D eigenvalue weighted by Crippen LogP contribution is -2.31. The molecule has 1 heterocycles. The number of carbonyl (C=O) groups is 1. The summed E-state index contributed by atoms with van der Waals surface area (Å²) in [5.41, 5.74) is 1.84. The average Bonchev–Trinajstić information content (AvgIpc) is 3.12. The van der Waals surface area contributed by atoms with Crippen LogP contribution >= 0.6 is 23.2 Å². The van der Waals surface area contributed by atoms with Crippen LogP contribution in [-0.2, 0) is 4.79 Å². The van der Waals surface area contributed by atoms with Crippen LogP contribution in [0.15, 0.2) is 42.5 Å². The van der Waals surface area contributed by atoms with Crippen molar-refractivity contribution in [3.8, 4) is 5.75 Å². The Labute approximate surface area is 157 Å². The van der Waals surface area contributed by atoms with Crippen molar-refractivity contribution in [2.24, 2.45) is 0 Å². The number of para-hydroxylation sites is 2. The van der Waals surface area contributed by atoms with Crippen LogP contribution in [0.3, 0.4) is 0 Å². The van der Waals surface area contributed by atoms with Crippen molar-refractivity contribution in [1.82, 2.24) is 0 Å². The van der Waals surface area contributed by atoms with Gasteiger partial charge in [-0.2, -0.15) is 0 Å². The lowest BCUT2D eigenvalue weighted by atomic mass is 10.2. The Morgan fingerprint density at radius 3 is 2.60 bits per heavy atom. The summed E-state index contributed by atoms with van der Waals surface area (Å²) < 4.78 is 5.68. The summed E-state index contributed by atoms with van der Waals surface area (Å²) in [5.74, 6) is 0.208. The van der Waals surface area contributed by atoms with E-state index in [2.05, 4.69) is 10.2 Å². The number of nitrogens with one attached hydrogen (secondary N) is 1. The number of benzene rings is 2. The number of carbonyl (C=O) groups excluding carboxylic acids is 1. The van der Waals surface area contributed by atoms with E-state index in [4.69, 9.17) is 27.9 Å². The molecule has 1 amide bonds. The van der Waals surface area contributed by atoms with Crippen LogP contribution in [0, 0.1) is 0 Å². The minimum Gasteiger partial charge on any atom is -0.479 e. The molecular formula is C19H20Cl2N2O2. The molecule has 4 nitrogen and oxygen atoms in total. The molecule has 6 heteroatoms. The van der Waals surface area contributed by atoms with Crippen LogP contribution in [0.2, 0.25) is 10.0 Å². The van der Waals surface area contributed by atoms with Gasteiger partial charge in [0.2, 0.25) is 0 Å². The molecule has 0 unspecified atom stereocenters. The number of nitrogens with zero attached hydrogens (tertiary/aromatic N) is 1. The van der Waals surface area contributed by atoms with Crippen LogP contribution in [0.25, 0.3) is 0 Å². The van der Waals surface area contributed by atoms with Crippen molar-refractivity contribution < 1.29 is 9.53 Å². The first-order chi connectivity index (χ1) is 12.0. The van der Waals surface area contributed by atoms with Crippen molar-refractivity contribution in [1.29, 1.82) is 0 Å². The summed E-state index contributed by atoms with van der Waals surface area (Å²) in [4.78, 5) is 14.8. The molecule has 0 aliphatic carbocycles. The highest BCUT2D eigenvalue weighted by Gasteiger charge is 2.20. The number of hydrogen-bond donors (Lipinski definition) is 1. The maximum atomic E-state index is 12.5. The Kier molecular flexibility index (Phi) is 5.71. The summed E-state index contributed by atoms with van der Waals surface area (Å²) in [6, 6.07) is 12.8. The molecule has 1 saturated heterocycles. The summed E-state index contributed by atoms with van der Waals surface area (Å²) in [7, 11) is 0. The summed E-state index contributed by atoms with van der Waals surface area (Å²) in [6.07, 6.45) is 1.67. The molecule has 0 saturated carbocycles. The van der Waals surface area contributed by atoms with Gasteiger partial charge in [-0.25, -0.2) is 0 Å². The van der Waals surface area contributed by atoms with Gasteiger partial charge in [-0.15, -0.1) is 0 Å². The zero-order valence-corrected chi connectivity index (χ0v) is 15.5. The molecule has 1 atom stereocenters.